The number of carbonyl (C=O) groups is 3. The fourth-order valence-electron chi connectivity index (χ4n) is 3.71. The second-order valence-corrected chi connectivity index (χ2v) is 7.20. The number of aryl methyl sites for hydroxylation is 1. The number of barbiturate groups is 1. The highest BCUT2D eigenvalue weighted by atomic mass is 16.5. The van der Waals surface area contributed by atoms with Gasteiger partial charge in [-0.2, -0.15) is 0 Å². The summed E-state index contributed by atoms with van der Waals surface area (Å²) in [5.41, 5.74) is 0.475. The van der Waals surface area contributed by atoms with E-state index in [1.54, 1.807) is 12.4 Å². The van der Waals surface area contributed by atoms with E-state index < -0.39 is 23.3 Å². The van der Waals surface area contributed by atoms with Crippen LogP contribution in [0.25, 0.3) is 0 Å². The lowest BCUT2D eigenvalue weighted by Crippen LogP contribution is -2.63. The van der Waals surface area contributed by atoms with Crippen molar-refractivity contribution in [3.8, 4) is 5.75 Å². The lowest BCUT2D eigenvalue weighted by Gasteiger charge is -2.42. The molecule has 3 rings (SSSR count). The van der Waals surface area contributed by atoms with Crippen molar-refractivity contribution in [2.45, 2.75) is 26.2 Å². The number of imide groups is 2. The quantitative estimate of drug-likeness (QED) is 0.674. The van der Waals surface area contributed by atoms with Crippen LogP contribution in [0.4, 0.5) is 4.79 Å². The third-order valence-electron chi connectivity index (χ3n) is 5.33. The van der Waals surface area contributed by atoms with E-state index in [4.69, 9.17) is 4.74 Å². The van der Waals surface area contributed by atoms with Crippen molar-refractivity contribution in [3.63, 3.8) is 0 Å². The first-order chi connectivity index (χ1) is 13.9. The van der Waals surface area contributed by atoms with Crippen LogP contribution in [-0.2, 0) is 22.4 Å². The lowest BCUT2D eigenvalue weighted by molar-refractivity contribution is -0.157. The van der Waals surface area contributed by atoms with Crippen LogP contribution in [0.15, 0.2) is 48.8 Å². The number of rotatable bonds is 7. The maximum Gasteiger partial charge on any atom is 0.332 e. The molecular formula is C22H25N3O4. The second kappa shape index (κ2) is 8.43. The van der Waals surface area contributed by atoms with Gasteiger partial charge in [0.05, 0.1) is 6.61 Å². The molecule has 0 unspecified atom stereocenters. The van der Waals surface area contributed by atoms with Gasteiger partial charge in [-0.15, -0.1) is 0 Å². The van der Waals surface area contributed by atoms with Crippen molar-refractivity contribution < 1.29 is 19.1 Å². The number of nitrogens with zero attached hydrogens (tertiary/aromatic N) is 3. The van der Waals surface area contributed by atoms with Gasteiger partial charge in [0.25, 0.3) is 0 Å². The van der Waals surface area contributed by atoms with Gasteiger partial charge >= 0.3 is 6.03 Å². The molecule has 7 nitrogen and oxygen atoms in total. The number of benzene rings is 1. The number of urea groups is 1. The van der Waals surface area contributed by atoms with Gasteiger partial charge in [0.15, 0.2) is 0 Å². The molecule has 0 aliphatic carbocycles. The van der Waals surface area contributed by atoms with Crippen molar-refractivity contribution in [2.75, 3.05) is 20.7 Å². The van der Waals surface area contributed by atoms with E-state index in [1.807, 2.05) is 43.3 Å². The van der Waals surface area contributed by atoms with E-state index in [1.165, 1.54) is 14.1 Å². The Morgan fingerprint density at radius 1 is 0.897 bits per heavy atom. The number of ether oxygens (including phenoxy) is 1. The van der Waals surface area contributed by atoms with Gasteiger partial charge < -0.3 is 4.74 Å². The van der Waals surface area contributed by atoms with Crippen LogP contribution >= 0.6 is 0 Å². The molecule has 1 aliphatic heterocycles. The molecule has 1 aromatic heterocycles. The Bertz CT molecular complexity index is 872. The zero-order chi connectivity index (χ0) is 21.0. The predicted octanol–water partition coefficient (Wildman–Crippen LogP) is 2.69. The molecule has 0 radical (unpaired) electrons. The molecule has 0 atom stereocenters. The first kappa shape index (κ1) is 20.5. The molecule has 1 fully saturated rings. The molecule has 2 aromatic rings. The Morgan fingerprint density at radius 3 is 2.03 bits per heavy atom. The SMILES string of the molecule is CCOc1ccc(CC2(CCc3ccncc3)C(=O)N(C)C(=O)N(C)C2=O)cc1. The smallest absolute Gasteiger partial charge is 0.332 e. The first-order valence-corrected chi connectivity index (χ1v) is 9.60. The second-order valence-electron chi connectivity index (χ2n) is 7.20. The predicted molar refractivity (Wildman–Crippen MR) is 107 cm³/mol. The Balaban J connectivity index is 1.95. The number of amides is 4. The highest BCUT2D eigenvalue weighted by molar-refractivity contribution is 6.18. The summed E-state index contributed by atoms with van der Waals surface area (Å²) in [6.45, 7) is 2.47. The number of aromatic nitrogens is 1. The van der Waals surface area contributed by atoms with Gasteiger partial charge in [-0.05, 0) is 61.6 Å². The number of hydrogen-bond donors (Lipinski definition) is 0. The molecule has 7 heteroatoms. The van der Waals surface area contributed by atoms with E-state index in [0.717, 1.165) is 26.7 Å². The third-order valence-corrected chi connectivity index (χ3v) is 5.33. The van der Waals surface area contributed by atoms with Crippen molar-refractivity contribution in [1.29, 1.82) is 0 Å². The summed E-state index contributed by atoms with van der Waals surface area (Å²) in [5, 5.41) is 0. The third kappa shape index (κ3) is 3.99. The van der Waals surface area contributed by atoms with E-state index in [-0.39, 0.29) is 6.42 Å². The number of pyridine rings is 1. The van der Waals surface area contributed by atoms with Crippen LogP contribution in [-0.4, -0.2) is 53.3 Å². The largest absolute Gasteiger partial charge is 0.494 e. The van der Waals surface area contributed by atoms with Crippen molar-refractivity contribution in [3.05, 3.63) is 59.9 Å². The summed E-state index contributed by atoms with van der Waals surface area (Å²) in [6, 6.07) is 10.5. The van der Waals surface area contributed by atoms with E-state index in [9.17, 15) is 14.4 Å². The van der Waals surface area contributed by atoms with Crippen molar-refractivity contribution >= 4 is 17.8 Å². The lowest BCUT2D eigenvalue weighted by atomic mass is 9.73. The van der Waals surface area contributed by atoms with Gasteiger partial charge in [-0.3, -0.25) is 24.4 Å². The fourth-order valence-corrected chi connectivity index (χ4v) is 3.71. The van der Waals surface area contributed by atoms with Crippen LogP contribution in [0.5, 0.6) is 5.75 Å². The molecule has 1 aromatic carbocycles. The summed E-state index contributed by atoms with van der Waals surface area (Å²) >= 11 is 0. The first-order valence-electron chi connectivity index (χ1n) is 9.60. The van der Waals surface area contributed by atoms with Crippen LogP contribution in [0.2, 0.25) is 0 Å². The maximum atomic E-state index is 13.2. The highest BCUT2D eigenvalue weighted by Crippen LogP contribution is 2.37. The average Bonchev–Trinajstić information content (AvgIpc) is 2.75. The van der Waals surface area contributed by atoms with Crippen LogP contribution in [0.1, 0.15) is 24.5 Å². The van der Waals surface area contributed by atoms with Crippen LogP contribution < -0.4 is 4.74 Å². The standard InChI is InChI=1S/C22H25N3O4/c1-4-29-18-7-5-17(6-8-18)15-22(12-9-16-10-13-23-14-11-16)19(26)24(2)21(28)25(3)20(22)27/h5-8,10-11,13-14H,4,9,12,15H2,1-3H3. The van der Waals surface area contributed by atoms with Gasteiger partial charge in [0.1, 0.15) is 11.2 Å². The minimum atomic E-state index is -1.34. The Labute approximate surface area is 170 Å². The Kier molecular flexibility index (Phi) is 5.96. The molecule has 0 N–H and O–H groups in total. The molecule has 2 heterocycles. The maximum absolute atomic E-state index is 13.2. The van der Waals surface area contributed by atoms with Crippen LogP contribution in [0.3, 0.4) is 0 Å². The minimum absolute atomic E-state index is 0.212. The van der Waals surface area contributed by atoms with Crippen molar-refractivity contribution in [1.82, 2.24) is 14.8 Å². The summed E-state index contributed by atoms with van der Waals surface area (Å²) in [7, 11) is 2.85. The fraction of sp³-hybridized carbons (Fsp3) is 0.364. The molecule has 0 saturated carbocycles. The molecular weight excluding hydrogens is 370 g/mol. The summed E-state index contributed by atoms with van der Waals surface area (Å²) in [6.07, 6.45) is 4.39. The van der Waals surface area contributed by atoms with Gasteiger partial charge in [0.2, 0.25) is 11.8 Å². The van der Waals surface area contributed by atoms with E-state index >= 15 is 0 Å². The zero-order valence-electron chi connectivity index (χ0n) is 16.9. The van der Waals surface area contributed by atoms with Crippen molar-refractivity contribution in [2.24, 2.45) is 5.41 Å². The average molecular weight is 395 g/mol. The van der Waals surface area contributed by atoms with E-state index in [2.05, 4.69) is 4.98 Å². The molecule has 152 valence electrons. The topological polar surface area (TPSA) is 79.8 Å². The van der Waals surface area contributed by atoms with Gasteiger partial charge in [-0.1, -0.05) is 12.1 Å². The number of carbonyl (C=O) groups excluding carboxylic acids is 3. The molecule has 0 spiro atoms. The molecule has 1 saturated heterocycles. The Hall–Kier alpha value is -3.22. The number of hydrogen-bond acceptors (Lipinski definition) is 5. The normalized spacial score (nSPS) is 16.3. The zero-order valence-corrected chi connectivity index (χ0v) is 16.9. The Morgan fingerprint density at radius 2 is 1.48 bits per heavy atom. The van der Waals surface area contributed by atoms with Gasteiger partial charge in [0, 0.05) is 26.5 Å². The van der Waals surface area contributed by atoms with E-state index in [0.29, 0.717) is 19.4 Å². The van der Waals surface area contributed by atoms with Gasteiger partial charge in [-0.25, -0.2) is 4.79 Å². The molecule has 1 aliphatic rings. The molecule has 4 amide bonds. The monoisotopic (exact) mass is 395 g/mol. The van der Waals surface area contributed by atoms with Crippen LogP contribution in [0, 0.1) is 5.41 Å². The molecule has 0 bridgehead atoms. The minimum Gasteiger partial charge on any atom is -0.494 e. The summed E-state index contributed by atoms with van der Waals surface area (Å²) in [4.78, 5) is 44.8. The summed E-state index contributed by atoms with van der Waals surface area (Å²) < 4.78 is 5.47. The molecule has 29 heavy (non-hydrogen) atoms. The highest BCUT2D eigenvalue weighted by Gasteiger charge is 2.54. The summed E-state index contributed by atoms with van der Waals surface area (Å²) in [5.74, 6) is -0.199.